The zero-order valence-corrected chi connectivity index (χ0v) is 14.9. The third-order valence-corrected chi connectivity index (χ3v) is 3.80. The third kappa shape index (κ3) is 4.70. The third-order valence-electron chi connectivity index (χ3n) is 3.52. The summed E-state index contributed by atoms with van der Waals surface area (Å²) in [4.78, 5) is 19.9. The minimum atomic E-state index is -0.130. The molecule has 0 aliphatic heterocycles. The molecular formula is C17H18ClN7O. The Morgan fingerprint density at radius 1 is 1.23 bits per heavy atom. The first-order valence-corrected chi connectivity index (χ1v) is 8.32. The summed E-state index contributed by atoms with van der Waals surface area (Å²) in [5.41, 5.74) is 1.79. The standard InChI is InChI=1S/C17H18ClN7O/c1-19-15(26)11-25-10-13(8-22-25)23-17-21-9-14(18)16(24-17)20-7-12-5-3-2-4-6-12/h2-6,8-10H,7,11H2,1H3,(H,19,26)(H2,20,21,23,24). The molecule has 9 heteroatoms. The molecule has 8 nitrogen and oxygen atoms in total. The Labute approximate surface area is 155 Å². The molecule has 0 aliphatic carbocycles. The maximum atomic E-state index is 11.4. The van der Waals surface area contributed by atoms with Crippen LogP contribution in [-0.4, -0.2) is 32.7 Å². The monoisotopic (exact) mass is 371 g/mol. The lowest BCUT2D eigenvalue weighted by Gasteiger charge is -2.09. The zero-order valence-electron chi connectivity index (χ0n) is 14.1. The van der Waals surface area contributed by atoms with E-state index in [1.54, 1.807) is 19.4 Å². The molecule has 134 valence electrons. The summed E-state index contributed by atoms with van der Waals surface area (Å²) in [5.74, 6) is 0.782. The van der Waals surface area contributed by atoms with Crippen molar-refractivity contribution in [2.45, 2.75) is 13.1 Å². The highest BCUT2D eigenvalue weighted by atomic mass is 35.5. The Morgan fingerprint density at radius 2 is 2.04 bits per heavy atom. The van der Waals surface area contributed by atoms with Gasteiger partial charge in [-0.05, 0) is 5.56 Å². The van der Waals surface area contributed by atoms with Crippen molar-refractivity contribution < 1.29 is 4.79 Å². The molecule has 0 fully saturated rings. The van der Waals surface area contributed by atoms with Gasteiger partial charge in [0.15, 0.2) is 5.82 Å². The van der Waals surface area contributed by atoms with Crippen molar-refractivity contribution in [1.82, 2.24) is 25.1 Å². The molecule has 0 bridgehead atoms. The van der Waals surface area contributed by atoms with Crippen LogP contribution in [0.1, 0.15) is 5.56 Å². The van der Waals surface area contributed by atoms with E-state index in [-0.39, 0.29) is 12.5 Å². The van der Waals surface area contributed by atoms with Crippen LogP contribution >= 0.6 is 11.6 Å². The molecule has 3 N–H and O–H groups in total. The normalized spacial score (nSPS) is 10.4. The van der Waals surface area contributed by atoms with Crippen molar-refractivity contribution >= 4 is 35.0 Å². The average Bonchev–Trinajstić information content (AvgIpc) is 3.09. The molecule has 0 unspecified atom stereocenters. The highest BCUT2D eigenvalue weighted by molar-refractivity contribution is 6.32. The summed E-state index contributed by atoms with van der Waals surface area (Å²) in [6, 6.07) is 9.95. The quantitative estimate of drug-likeness (QED) is 0.590. The van der Waals surface area contributed by atoms with Crippen LogP contribution in [0.5, 0.6) is 0 Å². The van der Waals surface area contributed by atoms with Gasteiger partial charge in [0.25, 0.3) is 0 Å². The van der Waals surface area contributed by atoms with E-state index in [1.807, 2.05) is 30.3 Å². The lowest BCUT2D eigenvalue weighted by atomic mass is 10.2. The second-order valence-corrected chi connectivity index (χ2v) is 5.86. The van der Waals surface area contributed by atoms with Crippen molar-refractivity contribution in [2.24, 2.45) is 0 Å². The maximum Gasteiger partial charge on any atom is 0.241 e. The molecule has 3 rings (SSSR count). The van der Waals surface area contributed by atoms with E-state index in [0.717, 1.165) is 5.56 Å². The van der Waals surface area contributed by atoms with Gasteiger partial charge in [0.1, 0.15) is 11.6 Å². The fraction of sp³-hybridized carbons (Fsp3) is 0.176. The number of amides is 1. The number of nitrogens with one attached hydrogen (secondary N) is 3. The molecule has 0 spiro atoms. The van der Waals surface area contributed by atoms with Gasteiger partial charge in [0.05, 0.1) is 18.1 Å². The van der Waals surface area contributed by atoms with Gasteiger partial charge in [-0.2, -0.15) is 10.1 Å². The van der Waals surface area contributed by atoms with E-state index >= 15 is 0 Å². The largest absolute Gasteiger partial charge is 0.365 e. The first kappa shape index (κ1) is 17.7. The molecule has 2 aromatic heterocycles. The second kappa shape index (κ2) is 8.30. The Balaban J connectivity index is 1.66. The summed E-state index contributed by atoms with van der Waals surface area (Å²) in [5, 5.41) is 13.3. The molecule has 0 radical (unpaired) electrons. The molecule has 2 heterocycles. The number of carbonyl (C=O) groups excluding carboxylic acids is 1. The number of anilines is 3. The first-order chi connectivity index (χ1) is 12.6. The van der Waals surface area contributed by atoms with E-state index in [4.69, 9.17) is 11.6 Å². The van der Waals surface area contributed by atoms with Gasteiger partial charge in [-0.25, -0.2) is 4.98 Å². The smallest absolute Gasteiger partial charge is 0.241 e. The molecule has 1 aromatic carbocycles. The predicted molar refractivity (Wildman–Crippen MR) is 100 cm³/mol. The Bertz CT molecular complexity index is 882. The number of aromatic nitrogens is 4. The van der Waals surface area contributed by atoms with E-state index in [1.165, 1.54) is 10.9 Å². The fourth-order valence-electron chi connectivity index (χ4n) is 2.20. The molecule has 3 aromatic rings. The van der Waals surface area contributed by atoms with Gasteiger partial charge in [0.2, 0.25) is 11.9 Å². The van der Waals surface area contributed by atoms with Crippen LogP contribution in [0.3, 0.4) is 0 Å². The predicted octanol–water partition coefficient (Wildman–Crippen LogP) is 2.43. The molecule has 0 saturated heterocycles. The van der Waals surface area contributed by atoms with Gasteiger partial charge in [0, 0.05) is 19.8 Å². The van der Waals surface area contributed by atoms with E-state index in [2.05, 4.69) is 31.0 Å². The van der Waals surface area contributed by atoms with Crippen LogP contribution in [-0.2, 0) is 17.9 Å². The molecule has 1 amide bonds. The molecule has 0 saturated carbocycles. The summed E-state index contributed by atoms with van der Waals surface area (Å²) >= 11 is 6.17. The molecule has 26 heavy (non-hydrogen) atoms. The topological polar surface area (TPSA) is 96.8 Å². The van der Waals surface area contributed by atoms with Crippen LogP contribution in [0.25, 0.3) is 0 Å². The number of halogens is 1. The zero-order chi connectivity index (χ0) is 18.4. The number of benzene rings is 1. The minimum Gasteiger partial charge on any atom is -0.365 e. The first-order valence-electron chi connectivity index (χ1n) is 7.94. The van der Waals surface area contributed by atoms with Gasteiger partial charge >= 0.3 is 0 Å². The molecule has 0 aliphatic rings. The van der Waals surface area contributed by atoms with Gasteiger partial charge in [-0.1, -0.05) is 41.9 Å². The van der Waals surface area contributed by atoms with Crippen LogP contribution in [0.4, 0.5) is 17.5 Å². The lowest BCUT2D eigenvalue weighted by molar-refractivity contribution is -0.121. The number of hydrogen-bond acceptors (Lipinski definition) is 6. The summed E-state index contributed by atoms with van der Waals surface area (Å²) in [6.45, 7) is 0.741. The average molecular weight is 372 g/mol. The van der Waals surface area contributed by atoms with Gasteiger partial charge in [-0.3, -0.25) is 9.48 Å². The van der Waals surface area contributed by atoms with Crippen molar-refractivity contribution in [3.63, 3.8) is 0 Å². The van der Waals surface area contributed by atoms with Crippen LogP contribution < -0.4 is 16.0 Å². The van der Waals surface area contributed by atoms with Crippen molar-refractivity contribution in [3.8, 4) is 0 Å². The van der Waals surface area contributed by atoms with E-state index in [0.29, 0.717) is 29.0 Å². The highest BCUT2D eigenvalue weighted by Gasteiger charge is 2.08. The molecule has 0 atom stereocenters. The minimum absolute atomic E-state index is 0.130. The van der Waals surface area contributed by atoms with Crippen LogP contribution in [0.2, 0.25) is 5.02 Å². The molecular weight excluding hydrogens is 354 g/mol. The maximum absolute atomic E-state index is 11.4. The number of carbonyl (C=O) groups is 1. The number of rotatable bonds is 7. The van der Waals surface area contributed by atoms with Crippen molar-refractivity contribution in [1.29, 1.82) is 0 Å². The number of likely N-dealkylation sites (N-methyl/N-ethyl adjacent to an activating group) is 1. The van der Waals surface area contributed by atoms with Crippen LogP contribution in [0.15, 0.2) is 48.9 Å². The van der Waals surface area contributed by atoms with E-state index < -0.39 is 0 Å². The fourth-order valence-corrected chi connectivity index (χ4v) is 2.36. The summed E-state index contributed by atoms with van der Waals surface area (Å²) in [6.07, 6.45) is 4.82. The Morgan fingerprint density at radius 3 is 2.81 bits per heavy atom. The van der Waals surface area contributed by atoms with Gasteiger partial charge < -0.3 is 16.0 Å². The number of nitrogens with zero attached hydrogens (tertiary/aromatic N) is 4. The Hall–Kier alpha value is -3.13. The highest BCUT2D eigenvalue weighted by Crippen LogP contribution is 2.21. The van der Waals surface area contributed by atoms with Crippen molar-refractivity contribution in [2.75, 3.05) is 17.7 Å². The number of hydrogen-bond donors (Lipinski definition) is 3. The van der Waals surface area contributed by atoms with Gasteiger partial charge in [-0.15, -0.1) is 0 Å². The van der Waals surface area contributed by atoms with Crippen molar-refractivity contribution in [3.05, 3.63) is 59.5 Å². The SMILES string of the molecule is CNC(=O)Cn1cc(Nc2ncc(Cl)c(NCc3ccccc3)n2)cn1. The second-order valence-electron chi connectivity index (χ2n) is 5.45. The van der Waals surface area contributed by atoms with E-state index in [9.17, 15) is 4.79 Å². The van der Waals surface area contributed by atoms with Crippen LogP contribution in [0, 0.1) is 0 Å². The lowest BCUT2D eigenvalue weighted by Crippen LogP contribution is -2.23. The summed E-state index contributed by atoms with van der Waals surface area (Å²) in [7, 11) is 1.58. The Kier molecular flexibility index (Phi) is 5.65. The summed E-state index contributed by atoms with van der Waals surface area (Å²) < 4.78 is 1.52.